The molecule has 1 aromatic carbocycles. The predicted molar refractivity (Wildman–Crippen MR) is 54.4 cm³/mol. The standard InChI is InChI=1S/C9H5F2IO/c10-7-2-1-6(9(11)4-7)3-8(12)5-13/h1-5H/b8-3-. The third-order valence-corrected chi connectivity index (χ3v) is 1.93. The molecule has 0 aliphatic rings. The van der Waals surface area contributed by atoms with Crippen LogP contribution in [0.15, 0.2) is 21.8 Å². The largest absolute Gasteiger partial charge is 0.297 e. The molecular formula is C9H5F2IO. The maximum Gasteiger partial charge on any atom is 0.156 e. The number of halogens is 3. The summed E-state index contributed by atoms with van der Waals surface area (Å²) in [6.07, 6.45) is 1.95. The highest BCUT2D eigenvalue weighted by molar-refractivity contribution is 14.1. The Morgan fingerprint density at radius 1 is 1.38 bits per heavy atom. The molecule has 1 nitrogen and oxygen atoms in total. The third kappa shape index (κ3) is 2.87. The first-order valence-electron chi connectivity index (χ1n) is 3.41. The highest BCUT2D eigenvalue weighted by atomic mass is 127. The number of benzene rings is 1. The summed E-state index contributed by atoms with van der Waals surface area (Å²) in [6.45, 7) is 0. The summed E-state index contributed by atoms with van der Waals surface area (Å²) in [5, 5.41) is 0. The minimum absolute atomic E-state index is 0.206. The van der Waals surface area contributed by atoms with Gasteiger partial charge in [-0.3, -0.25) is 4.79 Å². The first kappa shape index (κ1) is 10.3. The second-order valence-corrected chi connectivity index (χ2v) is 3.56. The number of hydrogen-bond donors (Lipinski definition) is 0. The van der Waals surface area contributed by atoms with Crippen molar-refractivity contribution in [3.8, 4) is 0 Å². The number of rotatable bonds is 2. The molecule has 0 bridgehead atoms. The molecular weight excluding hydrogens is 289 g/mol. The van der Waals surface area contributed by atoms with Crippen LogP contribution < -0.4 is 0 Å². The fourth-order valence-electron chi connectivity index (χ4n) is 0.801. The van der Waals surface area contributed by atoms with Crippen LogP contribution in [0.25, 0.3) is 6.08 Å². The quantitative estimate of drug-likeness (QED) is 0.465. The molecule has 0 amide bonds. The molecule has 0 N–H and O–H groups in total. The predicted octanol–water partition coefficient (Wildman–Crippen LogP) is 2.94. The molecule has 68 valence electrons. The molecule has 0 unspecified atom stereocenters. The van der Waals surface area contributed by atoms with Gasteiger partial charge in [0.15, 0.2) is 6.29 Å². The van der Waals surface area contributed by atoms with E-state index in [0.717, 1.165) is 12.1 Å². The van der Waals surface area contributed by atoms with Crippen LogP contribution in [0.2, 0.25) is 0 Å². The molecule has 1 aromatic rings. The van der Waals surface area contributed by atoms with Gasteiger partial charge in [-0.25, -0.2) is 8.78 Å². The van der Waals surface area contributed by atoms with E-state index in [2.05, 4.69) is 0 Å². The molecule has 0 aliphatic heterocycles. The smallest absolute Gasteiger partial charge is 0.156 e. The van der Waals surface area contributed by atoms with Gasteiger partial charge in [-0.2, -0.15) is 0 Å². The van der Waals surface area contributed by atoms with Crippen LogP contribution in [0.5, 0.6) is 0 Å². The Kier molecular flexibility index (Phi) is 3.53. The Labute approximate surface area is 87.6 Å². The highest BCUT2D eigenvalue weighted by Gasteiger charge is 2.01. The van der Waals surface area contributed by atoms with Gasteiger partial charge in [0.2, 0.25) is 0 Å². The van der Waals surface area contributed by atoms with Crippen molar-refractivity contribution in [2.75, 3.05) is 0 Å². The van der Waals surface area contributed by atoms with Crippen LogP contribution in [0.1, 0.15) is 5.56 Å². The van der Waals surface area contributed by atoms with E-state index in [1.54, 1.807) is 22.6 Å². The van der Waals surface area contributed by atoms with Crippen molar-refractivity contribution in [2.45, 2.75) is 0 Å². The van der Waals surface area contributed by atoms with Crippen molar-refractivity contribution < 1.29 is 13.6 Å². The summed E-state index contributed by atoms with van der Waals surface area (Å²) in [6, 6.07) is 3.21. The van der Waals surface area contributed by atoms with Crippen LogP contribution >= 0.6 is 22.6 Å². The van der Waals surface area contributed by atoms with E-state index in [1.807, 2.05) is 0 Å². The maximum atomic E-state index is 12.9. The second-order valence-electron chi connectivity index (χ2n) is 2.31. The number of hydrogen-bond acceptors (Lipinski definition) is 1. The van der Waals surface area contributed by atoms with Gasteiger partial charge < -0.3 is 0 Å². The van der Waals surface area contributed by atoms with Crippen molar-refractivity contribution in [3.05, 3.63) is 39.0 Å². The van der Waals surface area contributed by atoms with Crippen molar-refractivity contribution in [1.29, 1.82) is 0 Å². The van der Waals surface area contributed by atoms with E-state index in [0.29, 0.717) is 9.87 Å². The first-order valence-corrected chi connectivity index (χ1v) is 4.49. The number of allylic oxidation sites excluding steroid dienone is 1. The van der Waals surface area contributed by atoms with Gasteiger partial charge in [-0.15, -0.1) is 0 Å². The lowest BCUT2D eigenvalue weighted by molar-refractivity contribution is -0.104. The summed E-state index contributed by atoms with van der Waals surface area (Å²) in [4.78, 5) is 10.2. The van der Waals surface area contributed by atoms with Crippen molar-refractivity contribution in [3.63, 3.8) is 0 Å². The van der Waals surface area contributed by atoms with Gasteiger partial charge in [-0.1, -0.05) is 0 Å². The summed E-state index contributed by atoms with van der Waals surface area (Å²) >= 11 is 1.77. The highest BCUT2D eigenvalue weighted by Crippen LogP contribution is 2.15. The van der Waals surface area contributed by atoms with Gasteiger partial charge in [0.1, 0.15) is 11.6 Å². The van der Waals surface area contributed by atoms with E-state index in [-0.39, 0.29) is 5.56 Å². The van der Waals surface area contributed by atoms with Crippen molar-refractivity contribution in [2.24, 2.45) is 0 Å². The minimum Gasteiger partial charge on any atom is -0.297 e. The van der Waals surface area contributed by atoms with Crippen LogP contribution in [0.3, 0.4) is 0 Å². The minimum atomic E-state index is -0.670. The number of aldehydes is 1. The van der Waals surface area contributed by atoms with Crippen LogP contribution in [-0.4, -0.2) is 6.29 Å². The van der Waals surface area contributed by atoms with E-state index in [4.69, 9.17) is 0 Å². The van der Waals surface area contributed by atoms with Crippen LogP contribution in [0, 0.1) is 11.6 Å². The number of carbonyl (C=O) groups is 1. The van der Waals surface area contributed by atoms with Gasteiger partial charge in [0.25, 0.3) is 0 Å². The Morgan fingerprint density at radius 3 is 2.62 bits per heavy atom. The van der Waals surface area contributed by atoms with E-state index < -0.39 is 11.6 Å². The summed E-state index contributed by atoms with van der Waals surface area (Å²) in [5.41, 5.74) is 0.206. The molecule has 0 saturated carbocycles. The van der Waals surface area contributed by atoms with E-state index in [9.17, 15) is 13.6 Å². The average Bonchev–Trinajstić information content (AvgIpc) is 2.09. The zero-order valence-corrected chi connectivity index (χ0v) is 8.59. The van der Waals surface area contributed by atoms with E-state index in [1.165, 1.54) is 12.1 Å². The Hall–Kier alpha value is -0.780. The van der Waals surface area contributed by atoms with Crippen LogP contribution in [-0.2, 0) is 4.79 Å². The second kappa shape index (κ2) is 4.45. The monoisotopic (exact) mass is 294 g/mol. The molecule has 0 atom stereocenters. The lowest BCUT2D eigenvalue weighted by Crippen LogP contribution is -1.84. The van der Waals surface area contributed by atoms with Gasteiger partial charge >= 0.3 is 0 Å². The molecule has 0 aromatic heterocycles. The van der Waals surface area contributed by atoms with Gasteiger partial charge in [0.05, 0.1) is 3.58 Å². The SMILES string of the molecule is O=C/C(I)=C/c1ccc(F)cc1F. The first-order chi connectivity index (χ1) is 6.13. The molecule has 0 heterocycles. The van der Waals surface area contributed by atoms with E-state index >= 15 is 0 Å². The summed E-state index contributed by atoms with van der Waals surface area (Å²) in [5.74, 6) is -1.30. The zero-order valence-electron chi connectivity index (χ0n) is 6.43. The summed E-state index contributed by atoms with van der Waals surface area (Å²) in [7, 11) is 0. The Balaban J connectivity index is 3.09. The van der Waals surface area contributed by atoms with Crippen LogP contribution in [0.4, 0.5) is 8.78 Å². The lowest BCUT2D eigenvalue weighted by Gasteiger charge is -1.96. The normalized spacial score (nSPS) is 11.5. The Morgan fingerprint density at radius 2 is 2.08 bits per heavy atom. The molecule has 1 rings (SSSR count). The molecule has 0 aliphatic carbocycles. The average molecular weight is 294 g/mol. The maximum absolute atomic E-state index is 12.9. The lowest BCUT2D eigenvalue weighted by atomic mass is 10.2. The molecule has 0 saturated heterocycles. The van der Waals surface area contributed by atoms with Gasteiger partial charge in [0, 0.05) is 11.6 Å². The third-order valence-electron chi connectivity index (χ3n) is 1.37. The van der Waals surface area contributed by atoms with Crippen molar-refractivity contribution >= 4 is 35.0 Å². The molecule has 4 heteroatoms. The summed E-state index contributed by atoms with van der Waals surface area (Å²) < 4.78 is 25.7. The molecule has 0 radical (unpaired) electrons. The molecule has 0 fully saturated rings. The van der Waals surface area contributed by atoms with Crippen molar-refractivity contribution in [1.82, 2.24) is 0 Å². The zero-order chi connectivity index (χ0) is 9.84. The van der Waals surface area contributed by atoms with Gasteiger partial charge in [-0.05, 0) is 40.8 Å². The fraction of sp³-hybridized carbons (Fsp3) is 0. The molecule has 0 spiro atoms. The Bertz CT molecular complexity index is 361. The fourth-order valence-corrected chi connectivity index (χ4v) is 1.14. The molecule has 13 heavy (non-hydrogen) atoms. The topological polar surface area (TPSA) is 17.1 Å². The number of carbonyl (C=O) groups excluding carboxylic acids is 1.